The van der Waals surface area contributed by atoms with E-state index >= 15 is 0 Å². The van der Waals surface area contributed by atoms with Gasteiger partial charge in [0.2, 0.25) is 0 Å². The first-order valence-corrected chi connectivity index (χ1v) is 3.59. The second kappa shape index (κ2) is 8.72. The van der Waals surface area contributed by atoms with Gasteiger partial charge >= 0.3 is 18.0 Å². The van der Waals surface area contributed by atoms with Gasteiger partial charge in [-0.1, -0.05) is 0 Å². The molecule has 15 heavy (non-hydrogen) atoms. The molecule has 1 atom stereocenters. The van der Waals surface area contributed by atoms with Crippen LogP contribution in [0.5, 0.6) is 0 Å². The molecule has 7 N–H and O–H groups in total. The quantitative estimate of drug-likeness (QED) is 0.210. The Kier molecular flexibility index (Phi) is 9.06. The molecule has 0 spiro atoms. The summed E-state index contributed by atoms with van der Waals surface area (Å²) in [7, 11) is 1.24. The molecular formula is C6H13N3O6. The van der Waals surface area contributed by atoms with Gasteiger partial charge in [0.25, 0.3) is 0 Å². The SMILES string of the molecule is COC(=O)NN.N[C@@H](CC(=O)O)C(=O)O. The summed E-state index contributed by atoms with van der Waals surface area (Å²) in [6.45, 7) is 0. The monoisotopic (exact) mass is 223 g/mol. The van der Waals surface area contributed by atoms with Crippen LogP contribution in [-0.4, -0.2) is 41.4 Å². The number of hydrazine groups is 1. The van der Waals surface area contributed by atoms with Gasteiger partial charge in [-0.25, -0.2) is 10.6 Å². The zero-order valence-corrected chi connectivity index (χ0v) is 7.97. The highest BCUT2D eigenvalue weighted by Crippen LogP contribution is 1.86. The number of aliphatic carboxylic acids is 2. The zero-order valence-electron chi connectivity index (χ0n) is 7.97. The van der Waals surface area contributed by atoms with Crippen LogP contribution in [-0.2, 0) is 14.3 Å². The van der Waals surface area contributed by atoms with Gasteiger partial charge in [-0.2, -0.15) is 0 Å². The smallest absolute Gasteiger partial charge is 0.421 e. The fraction of sp³-hybridized carbons (Fsp3) is 0.500. The molecule has 0 bridgehead atoms. The van der Waals surface area contributed by atoms with E-state index in [1.165, 1.54) is 7.11 Å². The van der Waals surface area contributed by atoms with Crippen LogP contribution < -0.4 is 17.0 Å². The maximum atomic E-state index is 9.85. The average molecular weight is 223 g/mol. The van der Waals surface area contributed by atoms with Gasteiger partial charge in [0.1, 0.15) is 6.04 Å². The first kappa shape index (κ1) is 15.6. The lowest BCUT2D eigenvalue weighted by molar-refractivity contribution is -0.144. The largest absolute Gasteiger partial charge is 0.481 e. The van der Waals surface area contributed by atoms with E-state index in [9.17, 15) is 14.4 Å². The number of nitrogens with one attached hydrogen (secondary N) is 1. The van der Waals surface area contributed by atoms with E-state index < -0.39 is 30.5 Å². The third-order valence-electron chi connectivity index (χ3n) is 1.01. The van der Waals surface area contributed by atoms with Gasteiger partial charge in [-0.05, 0) is 0 Å². The van der Waals surface area contributed by atoms with Crippen molar-refractivity contribution in [2.75, 3.05) is 7.11 Å². The van der Waals surface area contributed by atoms with Gasteiger partial charge in [0.15, 0.2) is 0 Å². The molecule has 0 aromatic rings. The van der Waals surface area contributed by atoms with Crippen molar-refractivity contribution in [2.24, 2.45) is 11.6 Å². The lowest BCUT2D eigenvalue weighted by Gasteiger charge is -1.99. The molecule has 0 aliphatic carbocycles. The molecule has 0 saturated carbocycles. The Balaban J connectivity index is 0. The van der Waals surface area contributed by atoms with E-state index in [4.69, 9.17) is 15.9 Å². The van der Waals surface area contributed by atoms with Crippen molar-refractivity contribution in [3.05, 3.63) is 0 Å². The maximum absolute atomic E-state index is 9.85. The number of carboxylic acid groups (broad SMARTS) is 2. The molecule has 0 aromatic carbocycles. The minimum atomic E-state index is -1.29. The maximum Gasteiger partial charge on any atom is 0.421 e. The minimum absolute atomic E-state index is 0.532. The number of carbonyl (C=O) groups is 3. The van der Waals surface area contributed by atoms with Crippen molar-refractivity contribution in [2.45, 2.75) is 12.5 Å². The van der Waals surface area contributed by atoms with Crippen LogP contribution in [0.15, 0.2) is 0 Å². The van der Waals surface area contributed by atoms with E-state index in [0.717, 1.165) is 0 Å². The normalized spacial score (nSPS) is 10.3. The molecule has 0 heterocycles. The first-order chi connectivity index (χ1) is 6.84. The number of amides is 1. The van der Waals surface area contributed by atoms with Crippen molar-refractivity contribution < 1.29 is 29.3 Å². The van der Waals surface area contributed by atoms with Gasteiger partial charge < -0.3 is 20.7 Å². The van der Waals surface area contributed by atoms with E-state index in [1.807, 2.05) is 0 Å². The van der Waals surface area contributed by atoms with Crippen molar-refractivity contribution in [3.8, 4) is 0 Å². The number of methoxy groups -OCH3 is 1. The summed E-state index contributed by atoms with van der Waals surface area (Å²) in [5, 5.41) is 16.0. The molecule has 0 aromatic heterocycles. The van der Waals surface area contributed by atoms with E-state index in [1.54, 1.807) is 5.43 Å². The summed E-state index contributed by atoms with van der Waals surface area (Å²) in [6, 6.07) is -1.29. The third-order valence-corrected chi connectivity index (χ3v) is 1.01. The number of nitrogens with two attached hydrogens (primary N) is 2. The molecule has 0 aliphatic rings. The van der Waals surface area contributed by atoms with Gasteiger partial charge in [0, 0.05) is 0 Å². The Morgan fingerprint density at radius 2 is 1.87 bits per heavy atom. The lowest BCUT2D eigenvalue weighted by atomic mass is 10.2. The average Bonchev–Trinajstić information content (AvgIpc) is 2.16. The van der Waals surface area contributed by atoms with Crippen LogP contribution >= 0.6 is 0 Å². The molecule has 0 fully saturated rings. The highest BCUT2D eigenvalue weighted by Gasteiger charge is 2.14. The minimum Gasteiger partial charge on any atom is -0.481 e. The van der Waals surface area contributed by atoms with Crippen LogP contribution in [0.3, 0.4) is 0 Å². The molecule has 0 unspecified atom stereocenters. The highest BCUT2D eigenvalue weighted by molar-refractivity contribution is 5.80. The van der Waals surface area contributed by atoms with Crippen molar-refractivity contribution in [1.82, 2.24) is 5.43 Å². The summed E-state index contributed by atoms with van der Waals surface area (Å²) in [5.41, 5.74) is 6.59. The summed E-state index contributed by atoms with van der Waals surface area (Å²) in [6.07, 6.45) is -1.16. The Hall–Kier alpha value is -1.87. The van der Waals surface area contributed by atoms with Crippen molar-refractivity contribution in [1.29, 1.82) is 0 Å². The number of hydrogen-bond acceptors (Lipinski definition) is 6. The zero-order chi connectivity index (χ0) is 12.4. The molecule has 0 radical (unpaired) electrons. The van der Waals surface area contributed by atoms with Crippen molar-refractivity contribution in [3.63, 3.8) is 0 Å². The number of carboxylic acids is 2. The Morgan fingerprint density at radius 1 is 1.40 bits per heavy atom. The predicted octanol–water partition coefficient (Wildman–Crippen LogP) is -1.91. The molecule has 9 nitrogen and oxygen atoms in total. The molecule has 0 saturated heterocycles. The van der Waals surface area contributed by atoms with Crippen LogP contribution in [0.4, 0.5) is 4.79 Å². The van der Waals surface area contributed by atoms with E-state index in [0.29, 0.717) is 0 Å². The molecule has 9 heteroatoms. The lowest BCUT2D eigenvalue weighted by Crippen LogP contribution is -2.32. The fourth-order valence-corrected chi connectivity index (χ4v) is 0.334. The summed E-state index contributed by atoms with van der Waals surface area (Å²) in [5.74, 6) is 2.06. The van der Waals surface area contributed by atoms with Crippen molar-refractivity contribution >= 4 is 18.0 Å². The Labute approximate surface area is 85.0 Å². The summed E-state index contributed by atoms with van der Waals surface area (Å²) in [4.78, 5) is 29.3. The predicted molar refractivity (Wildman–Crippen MR) is 47.6 cm³/mol. The standard InChI is InChI=1S/C4H7NO4.C2H6N2O2/c5-2(4(8)9)1-3(6)7;1-6-2(5)4-3/h2H,1,5H2,(H,6,7)(H,8,9);3H2,1H3,(H,4,5)/t2-;/m0./s1. The van der Waals surface area contributed by atoms with E-state index in [2.05, 4.69) is 10.6 Å². The van der Waals surface area contributed by atoms with Gasteiger partial charge in [0.05, 0.1) is 13.5 Å². The number of rotatable bonds is 3. The number of carbonyl (C=O) groups excluding carboxylic acids is 1. The van der Waals surface area contributed by atoms with Gasteiger partial charge in [-0.3, -0.25) is 15.0 Å². The second-order valence-electron chi connectivity index (χ2n) is 2.18. The summed E-state index contributed by atoms with van der Waals surface area (Å²) < 4.78 is 4.02. The van der Waals surface area contributed by atoms with Crippen LogP contribution in [0.2, 0.25) is 0 Å². The highest BCUT2D eigenvalue weighted by atomic mass is 16.5. The fourth-order valence-electron chi connectivity index (χ4n) is 0.334. The van der Waals surface area contributed by atoms with Crippen LogP contribution in [0, 0.1) is 0 Å². The first-order valence-electron chi connectivity index (χ1n) is 3.59. The van der Waals surface area contributed by atoms with Crippen LogP contribution in [0.1, 0.15) is 6.42 Å². The topological polar surface area (TPSA) is 165 Å². The Morgan fingerprint density at radius 3 is 1.93 bits per heavy atom. The number of hydrogen-bond donors (Lipinski definition) is 5. The molecular weight excluding hydrogens is 210 g/mol. The molecule has 1 amide bonds. The molecule has 88 valence electrons. The number of ether oxygens (including phenoxy) is 1. The summed E-state index contributed by atoms with van der Waals surface area (Å²) >= 11 is 0. The third kappa shape index (κ3) is 12.1. The van der Waals surface area contributed by atoms with Gasteiger partial charge in [-0.15, -0.1) is 0 Å². The Bertz CT molecular complexity index is 225. The molecule has 0 rings (SSSR count). The van der Waals surface area contributed by atoms with E-state index in [-0.39, 0.29) is 0 Å². The molecule has 0 aliphatic heterocycles. The second-order valence-corrected chi connectivity index (χ2v) is 2.18. The van der Waals surface area contributed by atoms with Crippen LogP contribution in [0.25, 0.3) is 0 Å².